The molecular weight excluding hydrogens is 415 g/mol. The van der Waals surface area contributed by atoms with Gasteiger partial charge in [-0.1, -0.05) is 59.1 Å². The Morgan fingerprint density at radius 1 is 1.18 bits per heavy atom. The van der Waals surface area contributed by atoms with Crippen molar-refractivity contribution in [3.05, 3.63) is 69.0 Å². The normalized spacial score (nSPS) is 11.9. The summed E-state index contributed by atoms with van der Waals surface area (Å²) in [5.74, 6) is -0.542. The van der Waals surface area contributed by atoms with Gasteiger partial charge in [0.1, 0.15) is 0 Å². The number of thiazole rings is 1. The number of nitrogens with zero attached hydrogens (tertiary/aromatic N) is 1. The van der Waals surface area contributed by atoms with Gasteiger partial charge in [-0.25, -0.2) is 4.98 Å². The summed E-state index contributed by atoms with van der Waals surface area (Å²) in [5, 5.41) is 6.93. The van der Waals surface area contributed by atoms with Crippen molar-refractivity contribution in [1.82, 2.24) is 4.98 Å². The van der Waals surface area contributed by atoms with E-state index in [1.165, 1.54) is 24.0 Å². The number of esters is 1. The van der Waals surface area contributed by atoms with Crippen LogP contribution in [-0.2, 0) is 16.0 Å². The SMILES string of the molecule is COC(=O)C(CNc1nc(-c2ccc(Cl)c(Cl)c2)cs1)Cc1ccc(C)cc1. The number of nitrogens with one attached hydrogen (secondary N) is 1. The molecule has 0 bridgehead atoms. The summed E-state index contributed by atoms with van der Waals surface area (Å²) in [6.07, 6.45) is 0.602. The average Bonchev–Trinajstić information content (AvgIpc) is 3.17. The van der Waals surface area contributed by atoms with Crippen molar-refractivity contribution in [3.8, 4) is 11.3 Å². The molecule has 1 atom stereocenters. The van der Waals surface area contributed by atoms with E-state index in [0.29, 0.717) is 23.0 Å². The average molecular weight is 435 g/mol. The molecule has 7 heteroatoms. The van der Waals surface area contributed by atoms with Crippen molar-refractivity contribution in [2.24, 2.45) is 5.92 Å². The standard InChI is InChI=1S/C21H20Cl2N2O2S/c1-13-3-5-14(6-4-13)9-16(20(26)27-2)11-24-21-25-19(12-28-21)15-7-8-17(22)18(23)10-15/h3-8,10,12,16H,9,11H2,1-2H3,(H,24,25). The van der Waals surface area contributed by atoms with Crippen molar-refractivity contribution in [2.45, 2.75) is 13.3 Å². The summed E-state index contributed by atoms with van der Waals surface area (Å²) < 4.78 is 4.97. The van der Waals surface area contributed by atoms with Crippen molar-refractivity contribution in [3.63, 3.8) is 0 Å². The van der Waals surface area contributed by atoms with Crippen LogP contribution in [0.1, 0.15) is 11.1 Å². The predicted molar refractivity (Wildman–Crippen MR) is 116 cm³/mol. The minimum atomic E-state index is -0.301. The van der Waals surface area contributed by atoms with Gasteiger partial charge in [0.05, 0.1) is 28.8 Å². The fraction of sp³-hybridized carbons (Fsp3) is 0.238. The minimum absolute atomic E-state index is 0.241. The number of hydrogen-bond donors (Lipinski definition) is 1. The van der Waals surface area contributed by atoms with E-state index < -0.39 is 0 Å². The lowest BCUT2D eigenvalue weighted by atomic mass is 9.98. The number of hydrogen-bond acceptors (Lipinski definition) is 5. The van der Waals surface area contributed by atoms with Crippen LogP contribution in [-0.4, -0.2) is 24.6 Å². The van der Waals surface area contributed by atoms with Crippen LogP contribution in [0.4, 0.5) is 5.13 Å². The molecule has 1 aromatic heterocycles. The molecule has 0 saturated carbocycles. The molecule has 3 rings (SSSR count). The summed E-state index contributed by atoms with van der Waals surface area (Å²) in [5.41, 5.74) is 3.98. The quantitative estimate of drug-likeness (QED) is 0.472. The Bertz CT molecular complexity index is 957. The monoisotopic (exact) mass is 434 g/mol. The molecule has 3 aromatic rings. The van der Waals surface area contributed by atoms with Crippen LogP contribution in [0.25, 0.3) is 11.3 Å². The molecule has 0 aliphatic carbocycles. The Labute approximate surface area is 178 Å². The first-order valence-corrected chi connectivity index (χ1v) is 10.4. The zero-order chi connectivity index (χ0) is 20.1. The van der Waals surface area contributed by atoms with Crippen LogP contribution >= 0.6 is 34.5 Å². The lowest BCUT2D eigenvalue weighted by Crippen LogP contribution is -2.26. The molecule has 0 radical (unpaired) electrons. The number of ether oxygens (including phenoxy) is 1. The molecule has 4 nitrogen and oxygen atoms in total. The molecular formula is C21H20Cl2N2O2S. The second-order valence-electron chi connectivity index (χ2n) is 6.46. The second kappa shape index (κ2) is 9.41. The van der Waals surface area contributed by atoms with E-state index in [1.807, 2.05) is 42.6 Å². The largest absolute Gasteiger partial charge is 0.469 e. The third-order valence-electron chi connectivity index (χ3n) is 4.36. The van der Waals surface area contributed by atoms with Gasteiger partial charge >= 0.3 is 5.97 Å². The smallest absolute Gasteiger partial charge is 0.310 e. The van der Waals surface area contributed by atoms with Crippen LogP contribution in [0.15, 0.2) is 47.8 Å². The van der Waals surface area contributed by atoms with Crippen LogP contribution in [0.2, 0.25) is 10.0 Å². The van der Waals surface area contributed by atoms with Gasteiger partial charge in [0.25, 0.3) is 0 Å². The highest BCUT2D eigenvalue weighted by Crippen LogP contribution is 2.30. The van der Waals surface area contributed by atoms with E-state index in [-0.39, 0.29) is 11.9 Å². The van der Waals surface area contributed by atoms with E-state index in [4.69, 9.17) is 27.9 Å². The maximum atomic E-state index is 12.2. The Balaban J connectivity index is 1.67. The van der Waals surface area contributed by atoms with Crippen LogP contribution in [0, 0.1) is 12.8 Å². The molecule has 1 heterocycles. The highest BCUT2D eigenvalue weighted by Gasteiger charge is 2.20. The first-order valence-electron chi connectivity index (χ1n) is 8.74. The minimum Gasteiger partial charge on any atom is -0.469 e. The van der Waals surface area contributed by atoms with E-state index >= 15 is 0 Å². The Kier molecular flexibility index (Phi) is 6.94. The predicted octanol–water partition coefficient (Wildman–Crippen LogP) is 5.87. The number of aryl methyl sites for hydroxylation is 1. The van der Waals surface area contributed by atoms with E-state index in [9.17, 15) is 4.79 Å². The molecule has 146 valence electrons. The van der Waals surface area contributed by atoms with Gasteiger partial charge in [0.2, 0.25) is 0 Å². The van der Waals surface area contributed by atoms with Crippen molar-refractivity contribution in [1.29, 1.82) is 0 Å². The first-order chi connectivity index (χ1) is 13.5. The number of benzene rings is 2. The van der Waals surface area contributed by atoms with Crippen LogP contribution in [0.3, 0.4) is 0 Å². The highest BCUT2D eigenvalue weighted by molar-refractivity contribution is 7.14. The van der Waals surface area contributed by atoms with Crippen molar-refractivity contribution in [2.75, 3.05) is 19.0 Å². The van der Waals surface area contributed by atoms with E-state index in [0.717, 1.165) is 22.0 Å². The number of carbonyl (C=O) groups excluding carboxylic acids is 1. The Hall–Kier alpha value is -2.08. The molecule has 0 fully saturated rings. The third-order valence-corrected chi connectivity index (χ3v) is 5.90. The summed E-state index contributed by atoms with van der Waals surface area (Å²) in [7, 11) is 1.41. The molecule has 0 aliphatic rings. The number of halogens is 2. The summed E-state index contributed by atoms with van der Waals surface area (Å²) in [6.45, 7) is 2.48. The van der Waals surface area contributed by atoms with Gasteiger partial charge in [0, 0.05) is 17.5 Å². The maximum Gasteiger partial charge on any atom is 0.310 e. The zero-order valence-electron chi connectivity index (χ0n) is 15.5. The molecule has 0 saturated heterocycles. The Morgan fingerprint density at radius 2 is 1.93 bits per heavy atom. The summed E-state index contributed by atoms with van der Waals surface area (Å²) in [4.78, 5) is 16.8. The number of aromatic nitrogens is 1. The molecule has 0 amide bonds. The van der Waals surface area contributed by atoms with Gasteiger partial charge < -0.3 is 10.1 Å². The summed E-state index contributed by atoms with van der Waals surface area (Å²) in [6, 6.07) is 13.6. The fourth-order valence-electron chi connectivity index (χ4n) is 2.77. The first kappa shape index (κ1) is 20.6. The number of carbonyl (C=O) groups is 1. The van der Waals surface area contributed by atoms with Gasteiger partial charge in [-0.05, 0) is 31.0 Å². The second-order valence-corrected chi connectivity index (χ2v) is 8.13. The molecule has 2 aromatic carbocycles. The zero-order valence-corrected chi connectivity index (χ0v) is 17.9. The molecule has 28 heavy (non-hydrogen) atoms. The van der Waals surface area contributed by atoms with Crippen molar-refractivity contribution < 1.29 is 9.53 Å². The lowest BCUT2D eigenvalue weighted by Gasteiger charge is -2.15. The number of anilines is 1. The van der Waals surface area contributed by atoms with Crippen molar-refractivity contribution >= 4 is 45.6 Å². The highest BCUT2D eigenvalue weighted by atomic mass is 35.5. The maximum absolute atomic E-state index is 12.2. The van der Waals surface area contributed by atoms with Crippen LogP contribution in [0.5, 0.6) is 0 Å². The van der Waals surface area contributed by atoms with E-state index in [2.05, 4.69) is 10.3 Å². The molecule has 1 N–H and O–H groups in total. The molecule has 1 unspecified atom stereocenters. The van der Waals surface area contributed by atoms with Gasteiger partial charge in [-0.15, -0.1) is 11.3 Å². The van der Waals surface area contributed by atoms with Gasteiger partial charge in [0.15, 0.2) is 5.13 Å². The number of methoxy groups -OCH3 is 1. The topological polar surface area (TPSA) is 51.2 Å². The lowest BCUT2D eigenvalue weighted by molar-refractivity contribution is -0.144. The van der Waals surface area contributed by atoms with Gasteiger partial charge in [-0.3, -0.25) is 4.79 Å². The van der Waals surface area contributed by atoms with Gasteiger partial charge in [-0.2, -0.15) is 0 Å². The van der Waals surface area contributed by atoms with E-state index in [1.54, 1.807) is 12.1 Å². The number of rotatable bonds is 7. The third kappa shape index (κ3) is 5.25. The summed E-state index contributed by atoms with van der Waals surface area (Å²) >= 11 is 13.5. The Morgan fingerprint density at radius 3 is 2.61 bits per heavy atom. The molecule has 0 spiro atoms. The van der Waals surface area contributed by atoms with Crippen LogP contribution < -0.4 is 5.32 Å². The fourth-order valence-corrected chi connectivity index (χ4v) is 3.80. The molecule has 0 aliphatic heterocycles.